The topological polar surface area (TPSA) is 12.0 Å². The Morgan fingerprint density at radius 3 is 2.56 bits per heavy atom. The summed E-state index contributed by atoms with van der Waals surface area (Å²) in [5.74, 6) is 1.12. The van der Waals surface area contributed by atoms with Gasteiger partial charge in [0.25, 0.3) is 0 Å². The lowest BCUT2D eigenvalue weighted by Gasteiger charge is -2.14. The van der Waals surface area contributed by atoms with E-state index in [2.05, 4.69) is 53.8 Å². The fourth-order valence-corrected chi connectivity index (χ4v) is 3.18. The Kier molecular flexibility index (Phi) is 2.58. The Bertz CT molecular complexity index is 481. The van der Waals surface area contributed by atoms with Crippen LogP contribution in [-0.2, 0) is 0 Å². The van der Waals surface area contributed by atoms with E-state index in [4.69, 9.17) is 0 Å². The van der Waals surface area contributed by atoms with Crippen LogP contribution in [0.25, 0.3) is 0 Å². The van der Waals surface area contributed by atoms with Crippen LogP contribution in [-0.4, -0.2) is 5.75 Å². The zero-order valence-corrected chi connectivity index (χ0v) is 9.71. The molecule has 3 rings (SSSR count). The first-order valence-corrected chi connectivity index (χ1v) is 6.45. The zero-order chi connectivity index (χ0) is 10.8. The quantitative estimate of drug-likeness (QED) is 0.833. The zero-order valence-electron chi connectivity index (χ0n) is 8.89. The third-order valence-electron chi connectivity index (χ3n) is 2.81. The normalized spacial score (nSPS) is 18.1. The average molecular weight is 227 g/mol. The van der Waals surface area contributed by atoms with Crippen LogP contribution in [0.4, 0.5) is 5.69 Å². The molecular formula is C14H13NS. The second kappa shape index (κ2) is 4.22. The van der Waals surface area contributed by atoms with Gasteiger partial charge in [0.15, 0.2) is 0 Å². The number of rotatable bonds is 2. The largest absolute Gasteiger partial charge is 0.377 e. The molecule has 0 amide bonds. The standard InChI is InChI=1S/C14H13NS/c1-2-6-11(7-3-1)15-13-10-16-14-9-5-4-8-12(13)14/h1-9,13,15H,10H2. The minimum Gasteiger partial charge on any atom is -0.377 e. The molecule has 1 aliphatic rings. The van der Waals surface area contributed by atoms with Crippen LogP contribution >= 0.6 is 11.8 Å². The predicted molar refractivity (Wildman–Crippen MR) is 70.0 cm³/mol. The van der Waals surface area contributed by atoms with Crippen LogP contribution in [0, 0.1) is 0 Å². The highest BCUT2D eigenvalue weighted by atomic mass is 32.2. The Balaban J connectivity index is 1.84. The summed E-state index contributed by atoms with van der Waals surface area (Å²) in [4.78, 5) is 1.41. The van der Waals surface area contributed by atoms with Gasteiger partial charge >= 0.3 is 0 Å². The maximum absolute atomic E-state index is 3.58. The van der Waals surface area contributed by atoms with Crippen LogP contribution in [0.5, 0.6) is 0 Å². The van der Waals surface area contributed by atoms with Crippen molar-refractivity contribution >= 4 is 17.4 Å². The van der Waals surface area contributed by atoms with E-state index in [-0.39, 0.29) is 0 Å². The smallest absolute Gasteiger partial charge is 0.0618 e. The second-order valence-electron chi connectivity index (χ2n) is 3.91. The Morgan fingerprint density at radius 2 is 1.69 bits per heavy atom. The maximum atomic E-state index is 3.58. The van der Waals surface area contributed by atoms with Crippen molar-refractivity contribution in [1.29, 1.82) is 0 Å². The van der Waals surface area contributed by atoms with Crippen molar-refractivity contribution in [2.45, 2.75) is 10.9 Å². The van der Waals surface area contributed by atoms with Gasteiger partial charge in [0.2, 0.25) is 0 Å². The molecule has 80 valence electrons. The van der Waals surface area contributed by atoms with Gasteiger partial charge in [-0.25, -0.2) is 0 Å². The lowest BCUT2D eigenvalue weighted by Crippen LogP contribution is -2.09. The molecule has 0 saturated heterocycles. The van der Waals surface area contributed by atoms with E-state index in [1.54, 1.807) is 0 Å². The lowest BCUT2D eigenvalue weighted by atomic mass is 10.1. The van der Waals surface area contributed by atoms with Crippen molar-refractivity contribution in [2.75, 3.05) is 11.1 Å². The third kappa shape index (κ3) is 1.81. The molecule has 1 aliphatic heterocycles. The van der Waals surface area contributed by atoms with Crippen molar-refractivity contribution in [3.63, 3.8) is 0 Å². The number of thioether (sulfide) groups is 1. The molecule has 2 heteroatoms. The van der Waals surface area contributed by atoms with Gasteiger partial charge in [-0.05, 0) is 23.8 Å². The molecule has 0 fully saturated rings. The van der Waals surface area contributed by atoms with Gasteiger partial charge in [-0.2, -0.15) is 0 Å². The molecular weight excluding hydrogens is 214 g/mol. The highest BCUT2D eigenvalue weighted by Gasteiger charge is 2.21. The van der Waals surface area contributed by atoms with Crippen molar-refractivity contribution in [3.8, 4) is 0 Å². The number of hydrogen-bond acceptors (Lipinski definition) is 2. The summed E-state index contributed by atoms with van der Waals surface area (Å²) in [6.45, 7) is 0. The van der Waals surface area contributed by atoms with E-state index in [0.29, 0.717) is 6.04 Å². The van der Waals surface area contributed by atoms with E-state index in [0.717, 1.165) is 5.75 Å². The number of para-hydroxylation sites is 1. The molecule has 0 spiro atoms. The lowest BCUT2D eigenvalue weighted by molar-refractivity contribution is 0.900. The summed E-state index contributed by atoms with van der Waals surface area (Å²) in [5.41, 5.74) is 2.63. The highest BCUT2D eigenvalue weighted by Crippen LogP contribution is 2.39. The molecule has 2 aromatic rings. The van der Waals surface area contributed by atoms with Crippen LogP contribution in [0.15, 0.2) is 59.5 Å². The molecule has 0 radical (unpaired) electrons. The Morgan fingerprint density at radius 1 is 0.938 bits per heavy atom. The van der Waals surface area contributed by atoms with E-state index >= 15 is 0 Å². The Hall–Kier alpha value is -1.41. The number of benzene rings is 2. The van der Waals surface area contributed by atoms with Gasteiger partial charge in [-0.15, -0.1) is 11.8 Å². The van der Waals surface area contributed by atoms with Gasteiger partial charge in [0.05, 0.1) is 6.04 Å². The third-order valence-corrected chi connectivity index (χ3v) is 4.00. The molecule has 16 heavy (non-hydrogen) atoms. The molecule has 1 nitrogen and oxygen atoms in total. The summed E-state index contributed by atoms with van der Waals surface area (Å²) in [6, 6.07) is 19.5. The molecule has 0 saturated carbocycles. The van der Waals surface area contributed by atoms with Gasteiger partial charge in [0.1, 0.15) is 0 Å². The van der Waals surface area contributed by atoms with E-state index in [1.165, 1.54) is 16.1 Å². The van der Waals surface area contributed by atoms with Crippen LogP contribution < -0.4 is 5.32 Å². The van der Waals surface area contributed by atoms with Gasteiger partial charge in [-0.3, -0.25) is 0 Å². The first-order chi connectivity index (χ1) is 7.93. The van der Waals surface area contributed by atoms with Crippen molar-refractivity contribution in [1.82, 2.24) is 0 Å². The molecule has 1 atom stereocenters. The minimum atomic E-state index is 0.448. The van der Waals surface area contributed by atoms with Crippen LogP contribution in [0.3, 0.4) is 0 Å². The highest BCUT2D eigenvalue weighted by molar-refractivity contribution is 7.99. The first kappa shape index (κ1) is 9.79. The van der Waals surface area contributed by atoms with E-state index < -0.39 is 0 Å². The molecule has 1 unspecified atom stereocenters. The van der Waals surface area contributed by atoms with Crippen molar-refractivity contribution in [2.24, 2.45) is 0 Å². The second-order valence-corrected chi connectivity index (χ2v) is 4.97. The number of nitrogens with one attached hydrogen (secondary N) is 1. The SMILES string of the molecule is c1ccc(NC2CSc3ccccc32)cc1. The summed E-state index contributed by atoms with van der Waals surface area (Å²) >= 11 is 1.93. The van der Waals surface area contributed by atoms with Crippen molar-refractivity contribution < 1.29 is 0 Å². The summed E-state index contributed by atoms with van der Waals surface area (Å²) in [7, 11) is 0. The van der Waals surface area contributed by atoms with E-state index in [1.807, 2.05) is 17.8 Å². The number of hydrogen-bond donors (Lipinski definition) is 1. The maximum Gasteiger partial charge on any atom is 0.0618 e. The molecule has 2 aromatic carbocycles. The van der Waals surface area contributed by atoms with E-state index in [9.17, 15) is 0 Å². The summed E-state index contributed by atoms with van der Waals surface area (Å²) in [6.07, 6.45) is 0. The fraction of sp³-hybridized carbons (Fsp3) is 0.143. The monoisotopic (exact) mass is 227 g/mol. The summed E-state index contributed by atoms with van der Waals surface area (Å²) in [5, 5.41) is 3.58. The predicted octanol–water partition coefficient (Wildman–Crippen LogP) is 3.95. The van der Waals surface area contributed by atoms with Gasteiger partial charge < -0.3 is 5.32 Å². The Labute approximate surface area is 99.9 Å². The molecule has 1 heterocycles. The molecule has 0 aliphatic carbocycles. The minimum absolute atomic E-state index is 0.448. The average Bonchev–Trinajstić information content (AvgIpc) is 2.74. The summed E-state index contributed by atoms with van der Waals surface area (Å²) < 4.78 is 0. The van der Waals surface area contributed by atoms with Crippen LogP contribution in [0.1, 0.15) is 11.6 Å². The van der Waals surface area contributed by atoms with Gasteiger partial charge in [-0.1, -0.05) is 36.4 Å². The number of anilines is 1. The number of fused-ring (bicyclic) bond motifs is 1. The van der Waals surface area contributed by atoms with Crippen molar-refractivity contribution in [3.05, 3.63) is 60.2 Å². The molecule has 0 bridgehead atoms. The fourth-order valence-electron chi connectivity index (χ4n) is 2.02. The first-order valence-electron chi connectivity index (χ1n) is 5.47. The van der Waals surface area contributed by atoms with Crippen LogP contribution in [0.2, 0.25) is 0 Å². The molecule has 0 aromatic heterocycles. The van der Waals surface area contributed by atoms with Gasteiger partial charge in [0, 0.05) is 16.3 Å². The molecule has 1 N–H and O–H groups in total.